The first-order chi connectivity index (χ1) is 17.0. The van der Waals surface area contributed by atoms with Crippen LogP contribution in [-0.4, -0.2) is 73.8 Å². The third-order valence-corrected chi connectivity index (χ3v) is 5.97. The maximum absolute atomic E-state index is 11.9. The van der Waals surface area contributed by atoms with E-state index in [1.165, 1.54) is 6.42 Å². The minimum atomic E-state index is 0.124. The number of carbonyl (C=O) groups excluding carboxylic acids is 1. The first-order valence-electron chi connectivity index (χ1n) is 12.4. The third kappa shape index (κ3) is 10.7. The molecule has 7 nitrogen and oxygen atoms in total. The van der Waals surface area contributed by atoms with Crippen LogP contribution in [-0.2, 0) is 4.79 Å². The second-order valence-electron chi connectivity index (χ2n) is 9.10. The van der Waals surface area contributed by atoms with Gasteiger partial charge in [-0.2, -0.15) is 0 Å². The molecule has 1 N–H and O–H groups in total. The Hall–Kier alpha value is -2.61. The number of unbranched alkanes of at least 4 members (excludes halogenated alkanes) is 2. The molecule has 1 saturated heterocycles. The highest BCUT2D eigenvalue weighted by Crippen LogP contribution is 2.16. The number of ether oxygens (including phenoxy) is 1. The zero-order chi connectivity index (χ0) is 24.9. The van der Waals surface area contributed by atoms with E-state index >= 15 is 0 Å². The van der Waals surface area contributed by atoms with Crippen LogP contribution in [0.5, 0.6) is 11.5 Å². The average Bonchev–Trinajstić information content (AvgIpc) is 2.84. The lowest BCUT2D eigenvalue weighted by atomic mass is 10.2. The molecule has 1 fully saturated rings. The maximum Gasteiger partial charge on any atom is 0.234 e. The van der Waals surface area contributed by atoms with E-state index in [1.54, 1.807) is 30.5 Å². The van der Waals surface area contributed by atoms with Crippen molar-refractivity contribution in [3.8, 4) is 11.5 Å². The second kappa shape index (κ2) is 14.7. The standard InChI is InChI=1S/C27H37ClN4O3/c1-22(2)30-27(33)21-32-17-15-31(16-18-32)14-4-3-5-19-34-25-10-6-23(7-11-25)20-29-35-26-12-8-24(28)9-13-26/h6-13,20,22H,3-5,14-19,21H2,1-2H3,(H,30,33)/b29-20+. The molecule has 3 rings (SSSR count). The molecule has 0 spiro atoms. The lowest BCUT2D eigenvalue weighted by molar-refractivity contribution is -0.123. The summed E-state index contributed by atoms with van der Waals surface area (Å²) in [5.74, 6) is 1.62. The predicted octanol–water partition coefficient (Wildman–Crippen LogP) is 4.44. The summed E-state index contributed by atoms with van der Waals surface area (Å²) in [6, 6.07) is 15.1. The van der Waals surface area contributed by atoms with Crippen molar-refractivity contribution < 1.29 is 14.4 Å². The second-order valence-corrected chi connectivity index (χ2v) is 9.53. The summed E-state index contributed by atoms with van der Waals surface area (Å²) in [6.45, 7) is 10.3. The Morgan fingerprint density at radius 3 is 2.31 bits per heavy atom. The molecule has 0 atom stereocenters. The number of hydrogen-bond donors (Lipinski definition) is 1. The smallest absolute Gasteiger partial charge is 0.234 e. The van der Waals surface area contributed by atoms with Gasteiger partial charge in [0.15, 0.2) is 5.75 Å². The molecule has 1 heterocycles. The van der Waals surface area contributed by atoms with Crippen molar-refractivity contribution in [2.24, 2.45) is 5.16 Å². The van der Waals surface area contributed by atoms with Gasteiger partial charge in [0.1, 0.15) is 5.75 Å². The fraction of sp³-hybridized carbons (Fsp3) is 0.481. The topological polar surface area (TPSA) is 66.4 Å². The summed E-state index contributed by atoms with van der Waals surface area (Å²) in [4.78, 5) is 22.0. The monoisotopic (exact) mass is 500 g/mol. The summed E-state index contributed by atoms with van der Waals surface area (Å²) < 4.78 is 5.87. The zero-order valence-electron chi connectivity index (χ0n) is 20.8. The van der Waals surface area contributed by atoms with Crippen molar-refractivity contribution in [2.45, 2.75) is 39.2 Å². The predicted molar refractivity (Wildman–Crippen MR) is 142 cm³/mol. The molecular weight excluding hydrogens is 464 g/mol. The molecule has 1 aliphatic rings. The van der Waals surface area contributed by atoms with Crippen LogP contribution in [0.15, 0.2) is 53.7 Å². The number of rotatable bonds is 13. The largest absolute Gasteiger partial charge is 0.494 e. The molecule has 1 amide bonds. The molecule has 2 aromatic rings. The number of amides is 1. The van der Waals surface area contributed by atoms with Gasteiger partial charge in [-0.15, -0.1) is 0 Å². The molecule has 0 saturated carbocycles. The number of hydrogen-bond acceptors (Lipinski definition) is 6. The van der Waals surface area contributed by atoms with Crippen molar-refractivity contribution in [1.29, 1.82) is 0 Å². The lowest BCUT2D eigenvalue weighted by Crippen LogP contribution is -2.50. The van der Waals surface area contributed by atoms with Crippen LogP contribution in [0.25, 0.3) is 0 Å². The van der Waals surface area contributed by atoms with E-state index < -0.39 is 0 Å². The van der Waals surface area contributed by atoms with Crippen LogP contribution >= 0.6 is 11.6 Å². The summed E-state index contributed by atoms with van der Waals surface area (Å²) >= 11 is 5.86. The average molecular weight is 501 g/mol. The Morgan fingerprint density at radius 1 is 0.971 bits per heavy atom. The maximum atomic E-state index is 11.9. The van der Waals surface area contributed by atoms with Crippen molar-refractivity contribution in [2.75, 3.05) is 45.9 Å². The van der Waals surface area contributed by atoms with E-state index in [9.17, 15) is 4.79 Å². The van der Waals surface area contributed by atoms with Crippen LogP contribution in [0.1, 0.15) is 38.7 Å². The number of benzene rings is 2. The van der Waals surface area contributed by atoms with Crippen LogP contribution in [0, 0.1) is 0 Å². The minimum Gasteiger partial charge on any atom is -0.494 e. The summed E-state index contributed by atoms with van der Waals surface area (Å²) in [5.41, 5.74) is 0.937. The number of nitrogens with one attached hydrogen (secondary N) is 1. The van der Waals surface area contributed by atoms with Crippen LogP contribution in [0.3, 0.4) is 0 Å². The summed E-state index contributed by atoms with van der Waals surface area (Å²) in [5, 5.41) is 7.63. The molecule has 0 radical (unpaired) electrons. The van der Waals surface area contributed by atoms with Gasteiger partial charge in [0, 0.05) is 37.2 Å². The molecule has 0 aromatic heterocycles. The van der Waals surface area contributed by atoms with Crippen molar-refractivity contribution >= 4 is 23.7 Å². The fourth-order valence-corrected chi connectivity index (χ4v) is 3.97. The van der Waals surface area contributed by atoms with E-state index in [-0.39, 0.29) is 11.9 Å². The molecule has 2 aromatic carbocycles. The zero-order valence-corrected chi connectivity index (χ0v) is 21.5. The van der Waals surface area contributed by atoms with Gasteiger partial charge in [-0.1, -0.05) is 16.8 Å². The van der Waals surface area contributed by atoms with Crippen molar-refractivity contribution in [3.63, 3.8) is 0 Å². The first-order valence-corrected chi connectivity index (χ1v) is 12.8. The van der Waals surface area contributed by atoms with E-state index in [0.29, 0.717) is 23.9 Å². The lowest BCUT2D eigenvalue weighted by Gasteiger charge is -2.34. The van der Waals surface area contributed by atoms with E-state index in [1.807, 2.05) is 38.1 Å². The number of piperazine rings is 1. The van der Waals surface area contributed by atoms with Gasteiger partial charge >= 0.3 is 0 Å². The quantitative estimate of drug-likeness (QED) is 0.250. The molecule has 1 aliphatic heterocycles. The van der Waals surface area contributed by atoms with Crippen molar-refractivity contribution in [1.82, 2.24) is 15.1 Å². The Labute approximate surface area is 214 Å². The van der Waals surface area contributed by atoms with Gasteiger partial charge in [-0.3, -0.25) is 9.69 Å². The fourth-order valence-electron chi connectivity index (χ4n) is 3.84. The van der Waals surface area contributed by atoms with Gasteiger partial charge in [-0.05, 0) is 93.7 Å². The van der Waals surface area contributed by atoms with Crippen LogP contribution < -0.4 is 14.9 Å². The molecule has 190 valence electrons. The molecule has 35 heavy (non-hydrogen) atoms. The number of carbonyl (C=O) groups is 1. The van der Waals surface area contributed by atoms with Gasteiger partial charge in [-0.25, -0.2) is 0 Å². The molecular formula is C27H37ClN4O3. The summed E-state index contributed by atoms with van der Waals surface area (Å²) in [7, 11) is 0. The van der Waals surface area contributed by atoms with Gasteiger partial charge in [0.25, 0.3) is 0 Å². The van der Waals surface area contributed by atoms with E-state index in [0.717, 1.165) is 56.9 Å². The highest BCUT2D eigenvalue weighted by molar-refractivity contribution is 6.30. The van der Waals surface area contributed by atoms with Crippen LogP contribution in [0.2, 0.25) is 5.02 Å². The van der Waals surface area contributed by atoms with E-state index in [2.05, 4.69) is 20.3 Å². The Morgan fingerprint density at radius 2 is 1.63 bits per heavy atom. The Bertz CT molecular complexity index is 911. The molecule has 0 aliphatic carbocycles. The SMILES string of the molecule is CC(C)NC(=O)CN1CCN(CCCCCOc2ccc(/C=N/Oc3ccc(Cl)cc3)cc2)CC1. The molecule has 0 unspecified atom stereocenters. The normalized spacial score (nSPS) is 15.0. The van der Waals surface area contributed by atoms with Gasteiger partial charge < -0.3 is 19.8 Å². The number of oxime groups is 1. The van der Waals surface area contributed by atoms with E-state index in [4.69, 9.17) is 21.2 Å². The van der Waals surface area contributed by atoms with Crippen LogP contribution in [0.4, 0.5) is 0 Å². The number of halogens is 1. The highest BCUT2D eigenvalue weighted by atomic mass is 35.5. The Balaban J connectivity index is 1.22. The minimum absolute atomic E-state index is 0.124. The third-order valence-electron chi connectivity index (χ3n) is 5.72. The first kappa shape index (κ1) is 27.0. The number of nitrogens with zero attached hydrogens (tertiary/aromatic N) is 3. The molecule has 0 bridgehead atoms. The molecule has 8 heteroatoms. The van der Waals surface area contributed by atoms with Gasteiger partial charge in [0.2, 0.25) is 5.91 Å². The van der Waals surface area contributed by atoms with Gasteiger partial charge in [0.05, 0.1) is 19.4 Å². The Kier molecular flexibility index (Phi) is 11.3. The highest BCUT2D eigenvalue weighted by Gasteiger charge is 2.18. The van der Waals surface area contributed by atoms with Crippen molar-refractivity contribution in [3.05, 3.63) is 59.1 Å². The summed E-state index contributed by atoms with van der Waals surface area (Å²) in [6.07, 6.45) is 5.01.